The summed E-state index contributed by atoms with van der Waals surface area (Å²) in [7, 11) is 0. The van der Waals surface area contributed by atoms with Gasteiger partial charge in [-0.25, -0.2) is 9.78 Å². The number of pyridine rings is 1. The lowest BCUT2D eigenvalue weighted by molar-refractivity contribution is 0.0698. The summed E-state index contributed by atoms with van der Waals surface area (Å²) in [6.45, 7) is 0. The highest BCUT2D eigenvalue weighted by Gasteiger charge is 2.26. The minimum atomic E-state index is -0.916. The molecule has 3 nitrogen and oxygen atoms in total. The molecule has 0 spiro atoms. The van der Waals surface area contributed by atoms with Gasteiger partial charge in [0.15, 0.2) is 0 Å². The van der Waals surface area contributed by atoms with E-state index in [-0.39, 0.29) is 0 Å². The van der Waals surface area contributed by atoms with Crippen LogP contribution in [0.4, 0.5) is 0 Å². The van der Waals surface area contributed by atoms with E-state index in [1.807, 2.05) is 36.4 Å². The zero-order valence-corrected chi connectivity index (χ0v) is 14.6. The van der Waals surface area contributed by atoms with Gasteiger partial charge in [-0.05, 0) is 53.8 Å². The van der Waals surface area contributed by atoms with Gasteiger partial charge in [0.05, 0.1) is 16.8 Å². The van der Waals surface area contributed by atoms with Gasteiger partial charge in [-0.1, -0.05) is 47.5 Å². The number of hydrogen-bond donors (Lipinski definition) is 1. The molecule has 1 aromatic heterocycles. The number of rotatable bonds is 2. The van der Waals surface area contributed by atoms with E-state index in [0.29, 0.717) is 32.9 Å². The Labute approximate surface area is 154 Å². The maximum Gasteiger partial charge on any atom is 0.336 e. The third-order valence-electron chi connectivity index (χ3n) is 4.45. The zero-order chi connectivity index (χ0) is 17.6. The number of allylic oxidation sites excluding steroid dienone is 1. The highest BCUT2D eigenvalue weighted by Crippen LogP contribution is 2.38. The van der Waals surface area contributed by atoms with Gasteiger partial charge in [0.2, 0.25) is 0 Å². The maximum absolute atomic E-state index is 11.8. The number of nitrogens with zero attached hydrogens (tertiary/aromatic N) is 1. The number of benzene rings is 2. The van der Waals surface area contributed by atoms with E-state index in [4.69, 9.17) is 28.2 Å². The summed E-state index contributed by atoms with van der Waals surface area (Å²) in [5.41, 5.74) is 4.43. The molecule has 0 fully saturated rings. The molecule has 0 aliphatic heterocycles. The Morgan fingerprint density at radius 2 is 1.92 bits per heavy atom. The molecular weight excluding hydrogens is 357 g/mol. The third-order valence-corrected chi connectivity index (χ3v) is 5.01. The Morgan fingerprint density at radius 1 is 1.12 bits per heavy atom. The first-order valence-corrected chi connectivity index (χ1v) is 8.61. The summed E-state index contributed by atoms with van der Waals surface area (Å²) < 4.78 is 0. The van der Waals surface area contributed by atoms with Gasteiger partial charge in [-0.15, -0.1) is 0 Å². The lowest BCUT2D eigenvalue weighted by Crippen LogP contribution is -2.05. The highest BCUT2D eigenvalue weighted by molar-refractivity contribution is 6.35. The smallest absolute Gasteiger partial charge is 0.336 e. The highest BCUT2D eigenvalue weighted by atomic mass is 35.5. The molecule has 4 rings (SSSR count). The molecule has 1 heterocycles. The molecule has 0 saturated carbocycles. The van der Waals surface area contributed by atoms with Crippen molar-refractivity contribution in [3.05, 3.63) is 74.9 Å². The van der Waals surface area contributed by atoms with Crippen LogP contribution in [0.3, 0.4) is 0 Å². The zero-order valence-electron chi connectivity index (χ0n) is 13.1. The lowest BCUT2D eigenvalue weighted by atomic mass is 10.0. The number of aromatic carboxylic acids is 1. The second kappa shape index (κ2) is 6.17. The first-order chi connectivity index (χ1) is 12.0. The van der Waals surface area contributed by atoms with Crippen molar-refractivity contribution in [1.82, 2.24) is 4.98 Å². The number of halogens is 2. The molecule has 25 heavy (non-hydrogen) atoms. The SMILES string of the molecule is O=C(O)c1c2c(nc3ccccc13)/C(=C/c1ccc(Cl)cc1Cl)CC2. The predicted molar refractivity (Wildman–Crippen MR) is 101 cm³/mol. The van der Waals surface area contributed by atoms with Crippen molar-refractivity contribution in [3.8, 4) is 0 Å². The fourth-order valence-corrected chi connectivity index (χ4v) is 3.79. The van der Waals surface area contributed by atoms with Crippen LogP contribution in [0.1, 0.15) is 33.6 Å². The van der Waals surface area contributed by atoms with E-state index in [1.54, 1.807) is 12.1 Å². The second-order valence-electron chi connectivity index (χ2n) is 5.97. The van der Waals surface area contributed by atoms with Crippen molar-refractivity contribution in [3.63, 3.8) is 0 Å². The van der Waals surface area contributed by atoms with Crippen LogP contribution in [-0.2, 0) is 6.42 Å². The lowest BCUT2D eigenvalue weighted by Gasteiger charge is -2.09. The molecule has 0 amide bonds. The molecule has 0 unspecified atom stereocenters. The maximum atomic E-state index is 11.8. The minimum absolute atomic E-state index is 0.353. The van der Waals surface area contributed by atoms with E-state index in [9.17, 15) is 9.90 Å². The number of aromatic nitrogens is 1. The standard InChI is InChI=1S/C20H13Cl2NO2/c21-13-7-5-11(16(22)10-13)9-12-6-8-15-18(20(24)25)14-3-1-2-4-17(14)23-19(12)15/h1-5,7,9-10H,6,8H2,(H,24,25)/b12-9+. The monoisotopic (exact) mass is 369 g/mol. The molecule has 1 N–H and O–H groups in total. The Hall–Kier alpha value is -2.36. The molecule has 2 aromatic carbocycles. The quantitative estimate of drug-likeness (QED) is 0.627. The normalized spacial score (nSPS) is 14.9. The van der Waals surface area contributed by atoms with Gasteiger partial charge in [-0.2, -0.15) is 0 Å². The number of carbonyl (C=O) groups is 1. The molecular formula is C20H13Cl2NO2. The Bertz CT molecular complexity index is 1060. The molecule has 0 bridgehead atoms. The average Bonchev–Trinajstić information content (AvgIpc) is 2.97. The molecule has 1 aliphatic rings. The van der Waals surface area contributed by atoms with Gasteiger partial charge in [0.1, 0.15) is 0 Å². The van der Waals surface area contributed by atoms with E-state index in [2.05, 4.69) is 0 Å². The second-order valence-corrected chi connectivity index (χ2v) is 6.82. The molecule has 0 saturated heterocycles. The van der Waals surface area contributed by atoms with E-state index in [1.165, 1.54) is 0 Å². The van der Waals surface area contributed by atoms with Gasteiger partial charge >= 0.3 is 5.97 Å². The van der Waals surface area contributed by atoms with Crippen molar-refractivity contribution in [2.45, 2.75) is 12.8 Å². The number of fused-ring (bicyclic) bond motifs is 2. The third kappa shape index (κ3) is 2.80. The number of para-hydroxylation sites is 1. The van der Waals surface area contributed by atoms with E-state index < -0.39 is 5.97 Å². The van der Waals surface area contributed by atoms with Crippen LogP contribution in [0, 0.1) is 0 Å². The molecule has 5 heteroatoms. The van der Waals surface area contributed by atoms with Gasteiger partial charge in [0.25, 0.3) is 0 Å². The average molecular weight is 370 g/mol. The predicted octanol–water partition coefficient (Wildman–Crippen LogP) is 5.73. The molecule has 3 aromatic rings. The van der Waals surface area contributed by atoms with Crippen molar-refractivity contribution in [1.29, 1.82) is 0 Å². The van der Waals surface area contributed by atoms with Gasteiger partial charge < -0.3 is 5.11 Å². The summed E-state index contributed by atoms with van der Waals surface area (Å²) >= 11 is 12.2. The van der Waals surface area contributed by atoms with Crippen LogP contribution in [-0.4, -0.2) is 16.1 Å². The Balaban J connectivity index is 1.93. The summed E-state index contributed by atoms with van der Waals surface area (Å²) in [6.07, 6.45) is 3.36. The van der Waals surface area contributed by atoms with E-state index in [0.717, 1.165) is 28.8 Å². The van der Waals surface area contributed by atoms with Crippen LogP contribution >= 0.6 is 23.2 Å². The topological polar surface area (TPSA) is 50.2 Å². The van der Waals surface area contributed by atoms with Crippen molar-refractivity contribution < 1.29 is 9.90 Å². The number of hydrogen-bond acceptors (Lipinski definition) is 2. The molecule has 1 aliphatic carbocycles. The van der Waals surface area contributed by atoms with E-state index >= 15 is 0 Å². The van der Waals surface area contributed by atoms with Crippen LogP contribution in [0.25, 0.3) is 22.6 Å². The van der Waals surface area contributed by atoms with Crippen LogP contribution in [0.15, 0.2) is 42.5 Å². The summed E-state index contributed by atoms with van der Waals surface area (Å²) in [5, 5.41) is 11.5. The number of carboxylic acid groups (broad SMARTS) is 1. The van der Waals surface area contributed by atoms with Crippen molar-refractivity contribution >= 4 is 51.7 Å². The van der Waals surface area contributed by atoms with Crippen LogP contribution in [0.2, 0.25) is 10.0 Å². The van der Waals surface area contributed by atoms with Crippen LogP contribution < -0.4 is 0 Å². The Morgan fingerprint density at radius 3 is 2.68 bits per heavy atom. The number of carboxylic acids is 1. The fourth-order valence-electron chi connectivity index (χ4n) is 3.33. The van der Waals surface area contributed by atoms with Crippen molar-refractivity contribution in [2.24, 2.45) is 0 Å². The minimum Gasteiger partial charge on any atom is -0.478 e. The molecule has 124 valence electrons. The summed E-state index contributed by atoms with van der Waals surface area (Å²) in [5.74, 6) is -0.916. The first kappa shape index (κ1) is 16.1. The summed E-state index contributed by atoms with van der Waals surface area (Å²) in [6, 6.07) is 12.7. The van der Waals surface area contributed by atoms with Gasteiger partial charge in [-0.3, -0.25) is 0 Å². The van der Waals surface area contributed by atoms with Crippen LogP contribution in [0.5, 0.6) is 0 Å². The largest absolute Gasteiger partial charge is 0.478 e. The first-order valence-electron chi connectivity index (χ1n) is 7.85. The Kier molecular flexibility index (Phi) is 3.98. The van der Waals surface area contributed by atoms with Gasteiger partial charge in [0, 0.05) is 15.4 Å². The summed E-state index contributed by atoms with van der Waals surface area (Å²) in [4.78, 5) is 16.6. The fraction of sp³-hybridized carbons (Fsp3) is 0.100. The molecule has 0 radical (unpaired) electrons. The molecule has 0 atom stereocenters. The van der Waals surface area contributed by atoms with Crippen molar-refractivity contribution in [2.75, 3.05) is 0 Å².